The Bertz CT molecular complexity index is 845. The van der Waals surface area contributed by atoms with E-state index in [4.69, 9.17) is 5.73 Å². The number of anilines is 1. The molecule has 1 atom stereocenters. The third-order valence-corrected chi connectivity index (χ3v) is 4.05. The standard InChI is InChI=1S/C18H22F2N4O3/c1-9(2)23-16(26)14-15(21)22-7-13(24-14)12-6-11(5-4-10(12)3)18(27,8-25)17(19)20/h4-7,9,17,25,27H,8H2,1-3H3,(H2,21,22)(H,23,26)/t18-/m1/s1. The van der Waals surface area contributed by atoms with Crippen LogP contribution >= 0.6 is 0 Å². The molecule has 146 valence electrons. The van der Waals surface area contributed by atoms with E-state index >= 15 is 0 Å². The predicted molar refractivity (Wildman–Crippen MR) is 96.2 cm³/mol. The zero-order valence-electron chi connectivity index (χ0n) is 15.2. The van der Waals surface area contributed by atoms with E-state index < -0.39 is 24.5 Å². The quantitative estimate of drug-likeness (QED) is 0.604. The van der Waals surface area contributed by atoms with Gasteiger partial charge in [-0.3, -0.25) is 4.79 Å². The van der Waals surface area contributed by atoms with Crippen LogP contribution in [0.25, 0.3) is 11.3 Å². The van der Waals surface area contributed by atoms with Crippen molar-refractivity contribution < 1.29 is 23.8 Å². The van der Waals surface area contributed by atoms with Crippen LogP contribution in [0.15, 0.2) is 24.4 Å². The molecule has 2 aromatic rings. The number of benzene rings is 1. The molecule has 27 heavy (non-hydrogen) atoms. The lowest BCUT2D eigenvalue weighted by Crippen LogP contribution is -2.38. The summed E-state index contributed by atoms with van der Waals surface area (Å²) in [6, 6.07) is 3.97. The summed E-state index contributed by atoms with van der Waals surface area (Å²) in [5.74, 6) is -0.574. The molecule has 1 amide bonds. The van der Waals surface area contributed by atoms with Crippen molar-refractivity contribution in [2.45, 2.75) is 38.8 Å². The monoisotopic (exact) mass is 380 g/mol. The molecule has 0 bridgehead atoms. The number of rotatable bonds is 6. The van der Waals surface area contributed by atoms with Crippen molar-refractivity contribution >= 4 is 11.7 Å². The Morgan fingerprint density at radius 3 is 2.59 bits per heavy atom. The van der Waals surface area contributed by atoms with Gasteiger partial charge < -0.3 is 21.3 Å². The van der Waals surface area contributed by atoms with Crippen LogP contribution < -0.4 is 11.1 Å². The number of alkyl halides is 2. The number of halogens is 2. The lowest BCUT2D eigenvalue weighted by molar-refractivity contribution is -0.129. The lowest BCUT2D eigenvalue weighted by atomic mass is 9.91. The number of nitrogens with two attached hydrogens (primary N) is 1. The number of nitrogen functional groups attached to an aromatic ring is 1. The van der Waals surface area contributed by atoms with Crippen LogP contribution in [0.2, 0.25) is 0 Å². The molecular formula is C18H22F2N4O3. The molecule has 0 aliphatic heterocycles. The number of nitrogens with zero attached hydrogens (tertiary/aromatic N) is 2. The number of aliphatic hydroxyl groups is 2. The minimum absolute atomic E-state index is 0.0647. The number of hydrogen-bond acceptors (Lipinski definition) is 6. The zero-order chi connectivity index (χ0) is 20.4. The highest BCUT2D eigenvalue weighted by molar-refractivity contribution is 5.97. The second-order valence-electron chi connectivity index (χ2n) is 6.53. The molecule has 0 saturated carbocycles. The van der Waals surface area contributed by atoms with Crippen molar-refractivity contribution in [2.75, 3.05) is 12.3 Å². The van der Waals surface area contributed by atoms with E-state index in [1.807, 2.05) is 0 Å². The lowest BCUT2D eigenvalue weighted by Gasteiger charge is -2.26. The van der Waals surface area contributed by atoms with Crippen molar-refractivity contribution in [3.05, 3.63) is 41.2 Å². The van der Waals surface area contributed by atoms with Gasteiger partial charge in [0, 0.05) is 11.6 Å². The van der Waals surface area contributed by atoms with E-state index in [0.29, 0.717) is 11.1 Å². The van der Waals surface area contributed by atoms with Crippen LogP contribution in [0.1, 0.15) is 35.5 Å². The first-order chi connectivity index (χ1) is 12.6. The molecule has 9 heteroatoms. The van der Waals surface area contributed by atoms with Gasteiger partial charge in [0.2, 0.25) is 0 Å². The van der Waals surface area contributed by atoms with Crippen LogP contribution in [0.3, 0.4) is 0 Å². The summed E-state index contributed by atoms with van der Waals surface area (Å²) in [5, 5.41) is 22.0. The number of amides is 1. The molecule has 0 aliphatic carbocycles. The van der Waals surface area contributed by atoms with Gasteiger partial charge in [0.15, 0.2) is 17.1 Å². The number of hydrogen-bond donors (Lipinski definition) is 4. The number of aliphatic hydroxyl groups excluding tert-OH is 1. The van der Waals surface area contributed by atoms with Crippen molar-refractivity contribution in [3.63, 3.8) is 0 Å². The highest BCUT2D eigenvalue weighted by Gasteiger charge is 2.39. The van der Waals surface area contributed by atoms with Gasteiger partial charge in [0.25, 0.3) is 12.3 Å². The van der Waals surface area contributed by atoms with Gasteiger partial charge in [0.05, 0.1) is 18.5 Å². The van der Waals surface area contributed by atoms with E-state index in [9.17, 15) is 23.8 Å². The summed E-state index contributed by atoms with van der Waals surface area (Å²) < 4.78 is 26.5. The number of carbonyl (C=O) groups is 1. The fourth-order valence-electron chi connectivity index (χ4n) is 2.48. The van der Waals surface area contributed by atoms with Crippen LogP contribution in [0, 0.1) is 6.92 Å². The summed E-state index contributed by atoms with van der Waals surface area (Å²) >= 11 is 0. The fraction of sp³-hybridized carbons (Fsp3) is 0.389. The molecule has 0 fully saturated rings. The largest absolute Gasteiger partial charge is 0.393 e. The van der Waals surface area contributed by atoms with E-state index in [2.05, 4.69) is 15.3 Å². The second-order valence-corrected chi connectivity index (χ2v) is 6.53. The second kappa shape index (κ2) is 7.93. The van der Waals surface area contributed by atoms with Crippen LogP contribution in [-0.4, -0.2) is 45.2 Å². The Morgan fingerprint density at radius 2 is 2.04 bits per heavy atom. The Hall–Kier alpha value is -2.65. The summed E-state index contributed by atoms with van der Waals surface area (Å²) in [7, 11) is 0. The Balaban J connectivity index is 2.56. The minimum Gasteiger partial charge on any atom is -0.393 e. The summed E-state index contributed by atoms with van der Waals surface area (Å²) in [6.07, 6.45) is -1.88. The molecule has 0 unspecified atom stereocenters. The molecular weight excluding hydrogens is 358 g/mol. The van der Waals surface area contributed by atoms with Gasteiger partial charge in [-0.1, -0.05) is 12.1 Å². The van der Waals surface area contributed by atoms with Crippen LogP contribution in [0.4, 0.5) is 14.6 Å². The van der Waals surface area contributed by atoms with Gasteiger partial charge in [-0.05, 0) is 38.0 Å². The Kier molecular flexibility index (Phi) is 6.07. The van der Waals surface area contributed by atoms with Gasteiger partial charge in [-0.15, -0.1) is 0 Å². The van der Waals surface area contributed by atoms with Crippen LogP contribution in [0.5, 0.6) is 0 Å². The maximum Gasteiger partial charge on any atom is 0.273 e. The molecule has 2 rings (SSSR count). The van der Waals surface area contributed by atoms with E-state index in [1.54, 1.807) is 20.8 Å². The normalized spacial score (nSPS) is 13.7. The summed E-state index contributed by atoms with van der Waals surface area (Å²) in [6.45, 7) is 4.12. The molecule has 1 heterocycles. The molecule has 0 spiro atoms. The highest BCUT2D eigenvalue weighted by Crippen LogP contribution is 2.32. The molecule has 1 aromatic heterocycles. The number of nitrogens with one attached hydrogen (secondary N) is 1. The molecule has 7 nitrogen and oxygen atoms in total. The molecule has 0 aliphatic rings. The molecule has 1 aromatic carbocycles. The summed E-state index contributed by atoms with van der Waals surface area (Å²) in [5.41, 5.74) is 4.03. The third kappa shape index (κ3) is 4.20. The van der Waals surface area contributed by atoms with E-state index in [-0.39, 0.29) is 28.8 Å². The molecule has 0 radical (unpaired) electrons. The molecule has 5 N–H and O–H groups in total. The Morgan fingerprint density at radius 1 is 1.37 bits per heavy atom. The average Bonchev–Trinajstić information content (AvgIpc) is 2.61. The first-order valence-corrected chi connectivity index (χ1v) is 8.26. The zero-order valence-corrected chi connectivity index (χ0v) is 15.2. The smallest absolute Gasteiger partial charge is 0.273 e. The topological polar surface area (TPSA) is 121 Å². The van der Waals surface area contributed by atoms with Crippen LogP contribution in [-0.2, 0) is 5.60 Å². The van der Waals surface area contributed by atoms with Crippen molar-refractivity contribution in [3.8, 4) is 11.3 Å². The van der Waals surface area contributed by atoms with Gasteiger partial charge in [-0.25, -0.2) is 18.7 Å². The maximum absolute atomic E-state index is 13.2. The number of carbonyl (C=O) groups excluding carboxylic acids is 1. The fourth-order valence-corrected chi connectivity index (χ4v) is 2.48. The van der Waals surface area contributed by atoms with Crippen molar-refractivity contribution in [1.29, 1.82) is 0 Å². The first kappa shape index (κ1) is 20.7. The van der Waals surface area contributed by atoms with Gasteiger partial charge in [0.1, 0.15) is 0 Å². The first-order valence-electron chi connectivity index (χ1n) is 8.26. The highest BCUT2D eigenvalue weighted by atomic mass is 19.3. The predicted octanol–water partition coefficient (Wildman–Crippen LogP) is 1.62. The maximum atomic E-state index is 13.2. The molecule has 0 saturated heterocycles. The Labute approximate surface area is 155 Å². The third-order valence-electron chi connectivity index (χ3n) is 4.05. The van der Waals surface area contributed by atoms with Crippen molar-refractivity contribution in [2.24, 2.45) is 0 Å². The summed E-state index contributed by atoms with van der Waals surface area (Å²) in [4.78, 5) is 20.4. The minimum atomic E-state index is -3.19. The van der Waals surface area contributed by atoms with E-state index in [0.717, 1.165) is 0 Å². The van der Waals surface area contributed by atoms with Crippen molar-refractivity contribution in [1.82, 2.24) is 15.3 Å². The SMILES string of the molecule is Cc1ccc([C@](O)(CO)C(F)F)cc1-c1cnc(N)c(C(=O)NC(C)C)n1. The number of aromatic nitrogens is 2. The number of aryl methyl sites for hydroxylation is 1. The average molecular weight is 380 g/mol. The van der Waals surface area contributed by atoms with E-state index in [1.165, 1.54) is 24.4 Å². The van der Waals surface area contributed by atoms with Gasteiger partial charge in [-0.2, -0.15) is 0 Å². The van der Waals surface area contributed by atoms with Gasteiger partial charge >= 0.3 is 0 Å².